The molecule has 0 saturated carbocycles. The van der Waals surface area contributed by atoms with Crippen molar-refractivity contribution in [2.75, 3.05) is 37.0 Å². The number of nitrogens with one attached hydrogen (secondary N) is 1. The van der Waals surface area contributed by atoms with Crippen molar-refractivity contribution in [3.05, 3.63) is 35.0 Å². The standard InChI is InChI=1S/C20H25ClN4O3/c1-13-5-4-8-25(11-13)20-22-14(2)9-19(24-20)28-12-18(26)23-15-6-7-17(27-3)16(21)10-15/h6-7,9-10,13H,4-5,8,11-12H2,1-3H3,(H,23,26)/t13-/m0/s1. The Kier molecular flexibility index (Phi) is 6.57. The summed E-state index contributed by atoms with van der Waals surface area (Å²) in [4.78, 5) is 23.4. The Morgan fingerprint density at radius 1 is 1.36 bits per heavy atom. The van der Waals surface area contributed by atoms with Crippen LogP contribution in [-0.2, 0) is 4.79 Å². The maximum atomic E-state index is 12.2. The summed E-state index contributed by atoms with van der Waals surface area (Å²) in [5, 5.41) is 3.17. The van der Waals surface area contributed by atoms with E-state index in [4.69, 9.17) is 21.1 Å². The molecule has 150 valence electrons. The minimum atomic E-state index is -0.300. The molecule has 3 rings (SSSR count). The van der Waals surface area contributed by atoms with E-state index in [9.17, 15) is 4.79 Å². The third kappa shape index (κ3) is 5.25. The van der Waals surface area contributed by atoms with E-state index >= 15 is 0 Å². The van der Waals surface area contributed by atoms with Gasteiger partial charge in [-0.05, 0) is 43.9 Å². The molecule has 1 atom stereocenters. The second-order valence-corrected chi connectivity index (χ2v) is 7.43. The average molecular weight is 405 g/mol. The first-order valence-corrected chi connectivity index (χ1v) is 9.69. The van der Waals surface area contributed by atoms with Crippen molar-refractivity contribution in [3.63, 3.8) is 0 Å². The molecule has 1 saturated heterocycles. The lowest BCUT2D eigenvalue weighted by atomic mass is 10.0. The molecule has 1 aliphatic rings. The molecule has 1 aromatic carbocycles. The van der Waals surface area contributed by atoms with Crippen LogP contribution in [0.1, 0.15) is 25.5 Å². The SMILES string of the molecule is COc1ccc(NC(=O)COc2cc(C)nc(N3CCC[C@H](C)C3)n2)cc1Cl. The highest BCUT2D eigenvalue weighted by Crippen LogP contribution is 2.27. The van der Waals surface area contributed by atoms with Gasteiger partial charge in [0, 0.05) is 30.5 Å². The van der Waals surface area contributed by atoms with Crippen molar-refractivity contribution in [2.45, 2.75) is 26.7 Å². The minimum Gasteiger partial charge on any atom is -0.495 e. The molecule has 7 nitrogen and oxygen atoms in total. The summed E-state index contributed by atoms with van der Waals surface area (Å²) in [5.74, 6) is 1.91. The molecule has 1 N–H and O–H groups in total. The molecule has 0 aliphatic carbocycles. The lowest BCUT2D eigenvalue weighted by Gasteiger charge is -2.31. The zero-order valence-electron chi connectivity index (χ0n) is 16.4. The number of anilines is 2. The van der Waals surface area contributed by atoms with E-state index < -0.39 is 0 Å². The fourth-order valence-electron chi connectivity index (χ4n) is 3.19. The predicted octanol–water partition coefficient (Wildman–Crippen LogP) is 3.70. The number of hydrogen-bond acceptors (Lipinski definition) is 6. The highest BCUT2D eigenvalue weighted by molar-refractivity contribution is 6.32. The fourth-order valence-corrected chi connectivity index (χ4v) is 3.45. The van der Waals surface area contributed by atoms with Crippen LogP contribution in [0.2, 0.25) is 5.02 Å². The minimum absolute atomic E-state index is 0.157. The molecule has 1 aromatic heterocycles. The molecule has 0 unspecified atom stereocenters. The van der Waals surface area contributed by atoms with Gasteiger partial charge >= 0.3 is 0 Å². The van der Waals surface area contributed by atoms with E-state index in [2.05, 4.69) is 27.1 Å². The van der Waals surface area contributed by atoms with E-state index in [0.29, 0.717) is 34.2 Å². The third-order valence-electron chi connectivity index (χ3n) is 4.55. The van der Waals surface area contributed by atoms with Crippen molar-refractivity contribution in [2.24, 2.45) is 5.92 Å². The van der Waals surface area contributed by atoms with Crippen molar-refractivity contribution in [1.82, 2.24) is 9.97 Å². The van der Waals surface area contributed by atoms with Crippen LogP contribution in [0.3, 0.4) is 0 Å². The zero-order chi connectivity index (χ0) is 20.1. The summed E-state index contributed by atoms with van der Waals surface area (Å²) in [7, 11) is 1.54. The van der Waals surface area contributed by atoms with Gasteiger partial charge in [0.2, 0.25) is 11.8 Å². The van der Waals surface area contributed by atoms with Gasteiger partial charge < -0.3 is 19.7 Å². The molecule has 0 radical (unpaired) electrons. The van der Waals surface area contributed by atoms with Crippen molar-refractivity contribution in [1.29, 1.82) is 0 Å². The normalized spacial score (nSPS) is 16.6. The second kappa shape index (κ2) is 9.10. The Labute approximate surface area is 170 Å². The van der Waals surface area contributed by atoms with Gasteiger partial charge in [-0.15, -0.1) is 0 Å². The van der Waals surface area contributed by atoms with Crippen LogP contribution in [0.4, 0.5) is 11.6 Å². The largest absolute Gasteiger partial charge is 0.495 e. The lowest BCUT2D eigenvalue weighted by Crippen LogP contribution is -2.35. The Hall–Kier alpha value is -2.54. The number of amides is 1. The number of nitrogens with zero attached hydrogens (tertiary/aromatic N) is 3. The molecule has 2 aromatic rings. The number of aryl methyl sites for hydroxylation is 1. The van der Waals surface area contributed by atoms with Gasteiger partial charge in [0.1, 0.15) is 5.75 Å². The summed E-state index contributed by atoms with van der Waals surface area (Å²) in [6.07, 6.45) is 2.35. The molecule has 2 heterocycles. The highest BCUT2D eigenvalue weighted by Gasteiger charge is 2.19. The van der Waals surface area contributed by atoms with Crippen LogP contribution in [0.15, 0.2) is 24.3 Å². The van der Waals surface area contributed by atoms with Crippen LogP contribution >= 0.6 is 11.6 Å². The number of rotatable bonds is 6. The maximum Gasteiger partial charge on any atom is 0.262 e. The number of carbonyl (C=O) groups excluding carboxylic acids is 1. The quantitative estimate of drug-likeness (QED) is 0.791. The van der Waals surface area contributed by atoms with E-state index in [1.165, 1.54) is 13.5 Å². The molecule has 28 heavy (non-hydrogen) atoms. The van der Waals surface area contributed by atoms with Gasteiger partial charge in [-0.2, -0.15) is 4.98 Å². The summed E-state index contributed by atoms with van der Waals surface area (Å²) >= 11 is 6.08. The molecule has 0 bridgehead atoms. The monoisotopic (exact) mass is 404 g/mol. The summed E-state index contributed by atoms with van der Waals surface area (Å²) < 4.78 is 10.7. The smallest absolute Gasteiger partial charge is 0.262 e. The predicted molar refractivity (Wildman–Crippen MR) is 110 cm³/mol. The number of carbonyl (C=O) groups is 1. The molecule has 1 aliphatic heterocycles. The highest BCUT2D eigenvalue weighted by atomic mass is 35.5. The average Bonchev–Trinajstić information content (AvgIpc) is 2.66. The van der Waals surface area contributed by atoms with Gasteiger partial charge in [0.05, 0.1) is 12.1 Å². The molecular weight excluding hydrogens is 380 g/mol. The van der Waals surface area contributed by atoms with Gasteiger partial charge in [0.15, 0.2) is 6.61 Å². The van der Waals surface area contributed by atoms with E-state index in [1.54, 1.807) is 24.3 Å². The molecular formula is C20H25ClN4O3. The van der Waals surface area contributed by atoms with Crippen LogP contribution < -0.4 is 19.7 Å². The molecule has 0 spiro atoms. The van der Waals surface area contributed by atoms with Crippen LogP contribution in [0.25, 0.3) is 0 Å². The number of piperidine rings is 1. The van der Waals surface area contributed by atoms with Gasteiger partial charge in [0.25, 0.3) is 5.91 Å². The number of halogens is 1. The van der Waals surface area contributed by atoms with E-state index in [0.717, 1.165) is 25.2 Å². The second-order valence-electron chi connectivity index (χ2n) is 7.03. The fraction of sp³-hybridized carbons (Fsp3) is 0.450. The number of aromatic nitrogens is 2. The Bertz CT molecular complexity index is 846. The molecule has 1 amide bonds. The lowest BCUT2D eigenvalue weighted by molar-refractivity contribution is -0.118. The van der Waals surface area contributed by atoms with Crippen molar-refractivity contribution < 1.29 is 14.3 Å². The van der Waals surface area contributed by atoms with Crippen LogP contribution in [-0.4, -0.2) is 42.7 Å². The number of benzene rings is 1. The first kappa shape index (κ1) is 20.2. The number of methoxy groups -OCH3 is 1. The van der Waals surface area contributed by atoms with Gasteiger partial charge in [-0.3, -0.25) is 4.79 Å². The van der Waals surface area contributed by atoms with Gasteiger partial charge in [-0.1, -0.05) is 18.5 Å². The summed E-state index contributed by atoms with van der Waals surface area (Å²) in [6.45, 7) is 5.84. The first-order valence-electron chi connectivity index (χ1n) is 9.31. The van der Waals surface area contributed by atoms with Crippen LogP contribution in [0.5, 0.6) is 11.6 Å². The first-order chi connectivity index (χ1) is 13.4. The van der Waals surface area contributed by atoms with Gasteiger partial charge in [-0.25, -0.2) is 4.98 Å². The Morgan fingerprint density at radius 2 is 2.18 bits per heavy atom. The number of ether oxygens (including phenoxy) is 2. The molecule has 1 fully saturated rings. The summed E-state index contributed by atoms with van der Waals surface area (Å²) in [5.41, 5.74) is 1.38. The third-order valence-corrected chi connectivity index (χ3v) is 4.84. The van der Waals surface area contributed by atoms with Crippen molar-refractivity contribution >= 4 is 29.1 Å². The number of hydrogen-bond donors (Lipinski definition) is 1. The van der Waals surface area contributed by atoms with Crippen LogP contribution in [0, 0.1) is 12.8 Å². The Balaban J connectivity index is 1.60. The van der Waals surface area contributed by atoms with E-state index in [-0.39, 0.29) is 12.5 Å². The van der Waals surface area contributed by atoms with E-state index in [1.807, 2.05) is 6.92 Å². The van der Waals surface area contributed by atoms with Crippen molar-refractivity contribution in [3.8, 4) is 11.6 Å². The summed E-state index contributed by atoms with van der Waals surface area (Å²) in [6, 6.07) is 6.77. The topological polar surface area (TPSA) is 76.6 Å². The Morgan fingerprint density at radius 3 is 2.89 bits per heavy atom. The maximum absolute atomic E-state index is 12.2. The zero-order valence-corrected chi connectivity index (χ0v) is 17.1. The molecule has 8 heteroatoms.